The van der Waals surface area contributed by atoms with E-state index in [0.717, 1.165) is 0 Å². The minimum Gasteiger partial charge on any atom is -0.326 e. The molecule has 0 aliphatic heterocycles. The average molecular weight is 379 g/mol. The second-order valence-electron chi connectivity index (χ2n) is 5.72. The fourth-order valence-electron chi connectivity index (χ4n) is 2.35. The zero-order chi connectivity index (χ0) is 19.2. The van der Waals surface area contributed by atoms with Crippen LogP contribution in [0.4, 0.5) is 17.1 Å². The van der Waals surface area contributed by atoms with Crippen LogP contribution in [0.15, 0.2) is 66.0 Å². The summed E-state index contributed by atoms with van der Waals surface area (Å²) >= 11 is 1.36. The fraction of sp³-hybridized carbons (Fsp3) is 0.0500. The third-order valence-electron chi connectivity index (χ3n) is 3.61. The number of hydrogen-bond donors (Lipinski definition) is 3. The van der Waals surface area contributed by atoms with Crippen molar-refractivity contribution in [2.24, 2.45) is 0 Å². The van der Waals surface area contributed by atoms with Gasteiger partial charge < -0.3 is 16.0 Å². The number of benzene rings is 2. The minimum absolute atomic E-state index is 0.155. The van der Waals surface area contributed by atoms with Crippen LogP contribution < -0.4 is 16.0 Å². The first-order chi connectivity index (χ1) is 13.0. The Hall–Kier alpha value is -3.45. The van der Waals surface area contributed by atoms with Crippen molar-refractivity contribution < 1.29 is 14.4 Å². The number of thiophene rings is 1. The van der Waals surface area contributed by atoms with Crippen LogP contribution in [0.25, 0.3) is 0 Å². The second kappa shape index (κ2) is 8.29. The molecule has 3 amide bonds. The van der Waals surface area contributed by atoms with Crippen molar-refractivity contribution in [3.63, 3.8) is 0 Å². The quantitative estimate of drug-likeness (QED) is 0.620. The summed E-state index contributed by atoms with van der Waals surface area (Å²) in [5, 5.41) is 10.1. The summed E-state index contributed by atoms with van der Waals surface area (Å²) in [6.07, 6.45) is 0. The molecule has 0 radical (unpaired) electrons. The topological polar surface area (TPSA) is 87.3 Å². The molecule has 0 saturated heterocycles. The van der Waals surface area contributed by atoms with Crippen LogP contribution in [-0.4, -0.2) is 17.7 Å². The Labute approximate surface area is 160 Å². The number of carbonyl (C=O) groups is 3. The fourth-order valence-corrected chi connectivity index (χ4v) is 2.97. The van der Waals surface area contributed by atoms with Gasteiger partial charge in [-0.1, -0.05) is 6.07 Å². The van der Waals surface area contributed by atoms with Gasteiger partial charge in [0, 0.05) is 29.5 Å². The van der Waals surface area contributed by atoms with Crippen LogP contribution in [0.2, 0.25) is 0 Å². The smallest absolute Gasteiger partial charge is 0.265 e. The van der Waals surface area contributed by atoms with E-state index in [9.17, 15) is 14.4 Å². The van der Waals surface area contributed by atoms with Gasteiger partial charge >= 0.3 is 0 Å². The summed E-state index contributed by atoms with van der Waals surface area (Å²) < 4.78 is 0. The van der Waals surface area contributed by atoms with E-state index in [-0.39, 0.29) is 17.7 Å². The average Bonchev–Trinajstić information content (AvgIpc) is 3.18. The number of nitrogens with one attached hydrogen (secondary N) is 3. The van der Waals surface area contributed by atoms with Crippen molar-refractivity contribution in [2.45, 2.75) is 6.92 Å². The molecule has 7 heteroatoms. The minimum atomic E-state index is -0.265. The van der Waals surface area contributed by atoms with Crippen LogP contribution in [0.3, 0.4) is 0 Å². The van der Waals surface area contributed by atoms with Crippen molar-refractivity contribution in [1.82, 2.24) is 0 Å². The Kier molecular flexibility index (Phi) is 5.63. The molecule has 136 valence electrons. The molecule has 1 heterocycles. The highest BCUT2D eigenvalue weighted by molar-refractivity contribution is 7.12. The highest BCUT2D eigenvalue weighted by atomic mass is 32.1. The van der Waals surface area contributed by atoms with Crippen molar-refractivity contribution in [3.8, 4) is 0 Å². The largest absolute Gasteiger partial charge is 0.326 e. The molecule has 0 aliphatic rings. The molecule has 0 bridgehead atoms. The molecule has 0 aliphatic carbocycles. The summed E-state index contributed by atoms with van der Waals surface area (Å²) in [6, 6.07) is 17.0. The summed E-state index contributed by atoms with van der Waals surface area (Å²) in [5.74, 6) is -0.599. The molecule has 3 aromatic rings. The van der Waals surface area contributed by atoms with E-state index in [1.165, 1.54) is 18.3 Å². The Balaban J connectivity index is 1.60. The number of anilines is 3. The predicted octanol–water partition coefficient (Wildman–Crippen LogP) is 4.21. The standard InChI is InChI=1S/C20H17N3O3S/c1-13(24)21-15-8-10-17(11-9-15)22-19(25)14-4-6-16(7-5-14)23-20(26)18-3-2-12-27-18/h2-12H,1H3,(H,21,24)(H,22,25)(H,23,26). The monoisotopic (exact) mass is 379 g/mol. The first-order valence-electron chi connectivity index (χ1n) is 8.15. The zero-order valence-corrected chi connectivity index (χ0v) is 15.3. The van der Waals surface area contributed by atoms with E-state index in [4.69, 9.17) is 0 Å². The van der Waals surface area contributed by atoms with Crippen LogP contribution >= 0.6 is 11.3 Å². The van der Waals surface area contributed by atoms with E-state index in [2.05, 4.69) is 16.0 Å². The summed E-state index contributed by atoms with van der Waals surface area (Å²) in [7, 11) is 0. The molecule has 1 aromatic heterocycles. The van der Waals surface area contributed by atoms with Gasteiger partial charge in [-0.05, 0) is 60.0 Å². The van der Waals surface area contributed by atoms with E-state index in [1.54, 1.807) is 54.6 Å². The molecule has 6 nitrogen and oxygen atoms in total. The highest BCUT2D eigenvalue weighted by Gasteiger charge is 2.09. The molecular weight excluding hydrogens is 362 g/mol. The van der Waals surface area contributed by atoms with Crippen LogP contribution in [0, 0.1) is 0 Å². The van der Waals surface area contributed by atoms with Gasteiger partial charge in [0.25, 0.3) is 11.8 Å². The number of carbonyl (C=O) groups excluding carboxylic acids is 3. The van der Waals surface area contributed by atoms with Crippen LogP contribution in [0.5, 0.6) is 0 Å². The first kappa shape index (κ1) is 18.3. The van der Waals surface area contributed by atoms with Crippen LogP contribution in [-0.2, 0) is 4.79 Å². The van der Waals surface area contributed by atoms with E-state index in [0.29, 0.717) is 27.5 Å². The number of hydrogen-bond acceptors (Lipinski definition) is 4. The van der Waals surface area contributed by atoms with Gasteiger partial charge in [-0.3, -0.25) is 14.4 Å². The van der Waals surface area contributed by atoms with Crippen LogP contribution in [0.1, 0.15) is 27.0 Å². The molecular formula is C20H17N3O3S. The molecule has 0 spiro atoms. The first-order valence-corrected chi connectivity index (χ1v) is 9.03. The predicted molar refractivity (Wildman–Crippen MR) is 107 cm³/mol. The van der Waals surface area contributed by atoms with Gasteiger partial charge in [0.1, 0.15) is 0 Å². The van der Waals surface area contributed by atoms with Gasteiger partial charge in [0.15, 0.2) is 0 Å². The molecule has 27 heavy (non-hydrogen) atoms. The van der Waals surface area contributed by atoms with Gasteiger partial charge in [-0.25, -0.2) is 0 Å². The van der Waals surface area contributed by atoms with Crippen molar-refractivity contribution >= 4 is 46.1 Å². The van der Waals surface area contributed by atoms with E-state index in [1.807, 2.05) is 11.4 Å². The van der Waals surface area contributed by atoms with Crippen molar-refractivity contribution in [3.05, 3.63) is 76.5 Å². The lowest BCUT2D eigenvalue weighted by atomic mass is 10.2. The third-order valence-corrected chi connectivity index (χ3v) is 4.48. The van der Waals surface area contributed by atoms with E-state index < -0.39 is 0 Å². The van der Waals surface area contributed by atoms with Gasteiger partial charge in [-0.2, -0.15) is 0 Å². The van der Waals surface area contributed by atoms with Crippen molar-refractivity contribution in [1.29, 1.82) is 0 Å². The second-order valence-corrected chi connectivity index (χ2v) is 6.67. The maximum atomic E-state index is 12.3. The molecule has 0 unspecified atom stereocenters. The number of amides is 3. The SMILES string of the molecule is CC(=O)Nc1ccc(NC(=O)c2ccc(NC(=O)c3cccs3)cc2)cc1. The molecule has 2 aromatic carbocycles. The zero-order valence-electron chi connectivity index (χ0n) is 14.5. The highest BCUT2D eigenvalue weighted by Crippen LogP contribution is 2.17. The van der Waals surface area contributed by atoms with Gasteiger partial charge in [0.2, 0.25) is 5.91 Å². The third kappa shape index (κ3) is 5.02. The Morgan fingerprint density at radius 2 is 1.22 bits per heavy atom. The van der Waals surface area contributed by atoms with Gasteiger partial charge in [-0.15, -0.1) is 11.3 Å². The Morgan fingerprint density at radius 1 is 0.704 bits per heavy atom. The van der Waals surface area contributed by atoms with E-state index >= 15 is 0 Å². The van der Waals surface area contributed by atoms with Gasteiger partial charge in [0.05, 0.1) is 4.88 Å². The number of rotatable bonds is 5. The Bertz CT molecular complexity index is 949. The summed E-state index contributed by atoms with van der Waals surface area (Å²) in [5.41, 5.74) is 2.36. The molecule has 0 saturated carbocycles. The lowest BCUT2D eigenvalue weighted by molar-refractivity contribution is -0.114. The molecule has 3 N–H and O–H groups in total. The summed E-state index contributed by atoms with van der Waals surface area (Å²) in [6.45, 7) is 1.43. The molecule has 0 fully saturated rings. The maximum absolute atomic E-state index is 12.3. The maximum Gasteiger partial charge on any atom is 0.265 e. The lowest BCUT2D eigenvalue weighted by Crippen LogP contribution is -2.13. The summed E-state index contributed by atoms with van der Waals surface area (Å²) in [4.78, 5) is 36.0. The molecule has 0 atom stereocenters. The molecule has 3 rings (SSSR count). The Morgan fingerprint density at radius 3 is 1.74 bits per heavy atom. The lowest BCUT2D eigenvalue weighted by Gasteiger charge is -2.08. The van der Waals surface area contributed by atoms with Crippen molar-refractivity contribution in [2.75, 3.05) is 16.0 Å². The normalized spacial score (nSPS) is 10.1.